The lowest BCUT2D eigenvalue weighted by molar-refractivity contribution is 0.0733. The third-order valence-electron chi connectivity index (χ3n) is 3.38. The molecule has 0 bridgehead atoms. The minimum Gasteiger partial charge on any atom is -0.462 e. The number of esters is 1. The first kappa shape index (κ1) is 15.2. The molecule has 0 unspecified atom stereocenters. The van der Waals surface area contributed by atoms with Crippen LogP contribution in [0.15, 0.2) is 51.9 Å². The zero-order valence-corrected chi connectivity index (χ0v) is 12.7. The van der Waals surface area contributed by atoms with Gasteiger partial charge in [0, 0.05) is 5.56 Å². The number of carbonyl (C=O) groups is 1. The van der Waals surface area contributed by atoms with E-state index in [1.165, 1.54) is 36.4 Å². The molecule has 3 rings (SSSR count). The summed E-state index contributed by atoms with van der Waals surface area (Å²) in [5.41, 5.74) is 0.645. The molecule has 0 aliphatic carbocycles. The minimum absolute atomic E-state index is 0.0204. The van der Waals surface area contributed by atoms with Crippen molar-refractivity contribution in [2.45, 2.75) is 6.92 Å². The van der Waals surface area contributed by atoms with Gasteiger partial charge in [-0.1, -0.05) is 11.6 Å². The van der Waals surface area contributed by atoms with Gasteiger partial charge in [-0.2, -0.15) is 0 Å². The molecule has 0 fully saturated rings. The first-order chi connectivity index (χ1) is 11.0. The second-order valence-electron chi connectivity index (χ2n) is 4.87. The Labute approximate surface area is 135 Å². The first-order valence-corrected chi connectivity index (χ1v) is 7.03. The monoisotopic (exact) mass is 332 g/mol. The Morgan fingerprint density at radius 2 is 1.87 bits per heavy atom. The summed E-state index contributed by atoms with van der Waals surface area (Å²) in [4.78, 5) is 24.0. The zero-order valence-electron chi connectivity index (χ0n) is 11.9. The van der Waals surface area contributed by atoms with Crippen LogP contribution in [0, 0.1) is 12.7 Å². The van der Waals surface area contributed by atoms with Crippen molar-refractivity contribution >= 4 is 28.5 Å². The van der Waals surface area contributed by atoms with Gasteiger partial charge in [0.25, 0.3) is 0 Å². The molecule has 1 aromatic heterocycles. The zero-order chi connectivity index (χ0) is 16.6. The molecular weight excluding hydrogens is 323 g/mol. The molecule has 0 radical (unpaired) electrons. The molecule has 0 saturated carbocycles. The molecule has 0 atom stereocenters. The molecule has 23 heavy (non-hydrogen) atoms. The lowest BCUT2D eigenvalue weighted by Gasteiger charge is -2.09. The standard InChI is InChI=1S/C17H10ClFO4/c1-9-14(23-17(21)10-2-4-11(19)5-3-10)7-6-12-15(20)13(18)8-22-16(9)12/h2-8H,1H3. The maximum Gasteiger partial charge on any atom is 0.343 e. The van der Waals surface area contributed by atoms with Crippen LogP contribution in [-0.2, 0) is 0 Å². The quantitative estimate of drug-likeness (QED) is 0.523. The fourth-order valence-electron chi connectivity index (χ4n) is 2.15. The number of benzene rings is 2. The Bertz CT molecular complexity index is 961. The largest absolute Gasteiger partial charge is 0.462 e. The molecular formula is C17H10ClFO4. The van der Waals surface area contributed by atoms with Gasteiger partial charge in [-0.15, -0.1) is 0 Å². The minimum atomic E-state index is -0.635. The number of hydrogen-bond acceptors (Lipinski definition) is 4. The highest BCUT2D eigenvalue weighted by atomic mass is 35.5. The van der Waals surface area contributed by atoms with E-state index in [9.17, 15) is 14.0 Å². The molecule has 0 aliphatic rings. The molecule has 3 aromatic rings. The van der Waals surface area contributed by atoms with E-state index in [-0.39, 0.29) is 21.8 Å². The van der Waals surface area contributed by atoms with Gasteiger partial charge in [0.05, 0.1) is 10.9 Å². The van der Waals surface area contributed by atoms with Gasteiger partial charge in [-0.05, 0) is 43.3 Å². The molecule has 4 nitrogen and oxygen atoms in total. The second-order valence-corrected chi connectivity index (χ2v) is 5.28. The van der Waals surface area contributed by atoms with E-state index in [1.807, 2.05) is 0 Å². The number of rotatable bonds is 2. The molecule has 0 aliphatic heterocycles. The smallest absolute Gasteiger partial charge is 0.343 e. The van der Waals surface area contributed by atoms with Gasteiger partial charge >= 0.3 is 5.97 Å². The van der Waals surface area contributed by atoms with Crippen molar-refractivity contribution in [3.63, 3.8) is 0 Å². The maximum absolute atomic E-state index is 12.9. The lowest BCUT2D eigenvalue weighted by atomic mass is 10.1. The Morgan fingerprint density at radius 1 is 1.17 bits per heavy atom. The highest BCUT2D eigenvalue weighted by molar-refractivity contribution is 6.30. The molecule has 0 saturated heterocycles. The molecule has 2 aromatic carbocycles. The summed E-state index contributed by atoms with van der Waals surface area (Å²) >= 11 is 5.73. The predicted octanol–water partition coefficient (Wildman–Crippen LogP) is 4.11. The van der Waals surface area contributed by atoms with E-state index in [0.29, 0.717) is 16.5 Å². The van der Waals surface area contributed by atoms with Crippen molar-refractivity contribution in [3.05, 3.63) is 74.9 Å². The molecule has 116 valence electrons. The summed E-state index contributed by atoms with van der Waals surface area (Å²) in [5, 5.41) is 0.282. The van der Waals surface area contributed by atoms with Crippen molar-refractivity contribution in [3.8, 4) is 5.75 Å². The summed E-state index contributed by atoms with van der Waals surface area (Å²) < 4.78 is 23.5. The van der Waals surface area contributed by atoms with E-state index >= 15 is 0 Å². The first-order valence-electron chi connectivity index (χ1n) is 6.66. The molecule has 0 N–H and O–H groups in total. The second kappa shape index (κ2) is 5.85. The van der Waals surface area contributed by atoms with Crippen molar-refractivity contribution in [2.24, 2.45) is 0 Å². The van der Waals surface area contributed by atoms with Crippen LogP contribution in [0.3, 0.4) is 0 Å². The third kappa shape index (κ3) is 2.83. The van der Waals surface area contributed by atoms with Crippen LogP contribution in [0.5, 0.6) is 5.75 Å². The number of carbonyl (C=O) groups excluding carboxylic acids is 1. The van der Waals surface area contributed by atoms with Gasteiger partial charge in [-0.3, -0.25) is 4.79 Å². The van der Waals surface area contributed by atoms with E-state index in [0.717, 1.165) is 6.26 Å². The average molecular weight is 333 g/mol. The Balaban J connectivity index is 1.99. The lowest BCUT2D eigenvalue weighted by Crippen LogP contribution is -2.10. The van der Waals surface area contributed by atoms with Gasteiger partial charge in [-0.25, -0.2) is 9.18 Å². The van der Waals surface area contributed by atoms with Crippen LogP contribution in [0.4, 0.5) is 4.39 Å². The van der Waals surface area contributed by atoms with Crippen molar-refractivity contribution in [2.75, 3.05) is 0 Å². The van der Waals surface area contributed by atoms with E-state index in [1.54, 1.807) is 6.92 Å². The molecule has 0 spiro atoms. The van der Waals surface area contributed by atoms with Crippen molar-refractivity contribution < 1.29 is 18.3 Å². The Kier molecular flexibility index (Phi) is 3.88. The summed E-state index contributed by atoms with van der Waals surface area (Å²) in [6.45, 7) is 1.66. The normalized spacial score (nSPS) is 10.7. The third-order valence-corrected chi connectivity index (χ3v) is 3.64. The van der Waals surface area contributed by atoms with Gasteiger partial charge in [0.1, 0.15) is 28.4 Å². The highest BCUT2D eigenvalue weighted by Gasteiger charge is 2.15. The van der Waals surface area contributed by atoms with Gasteiger partial charge in [0.15, 0.2) is 0 Å². The van der Waals surface area contributed by atoms with Crippen LogP contribution in [-0.4, -0.2) is 5.97 Å². The number of halogens is 2. The predicted molar refractivity (Wildman–Crippen MR) is 83.6 cm³/mol. The summed E-state index contributed by atoms with van der Waals surface area (Å²) in [5.74, 6) is -0.830. The summed E-state index contributed by atoms with van der Waals surface area (Å²) in [6, 6.07) is 7.97. The average Bonchev–Trinajstić information content (AvgIpc) is 2.54. The van der Waals surface area contributed by atoms with E-state index in [4.69, 9.17) is 20.8 Å². The topological polar surface area (TPSA) is 56.5 Å². The number of fused-ring (bicyclic) bond motifs is 1. The Morgan fingerprint density at radius 3 is 2.57 bits per heavy atom. The summed E-state index contributed by atoms with van der Waals surface area (Å²) in [6.07, 6.45) is 1.14. The molecule has 6 heteroatoms. The number of aryl methyl sites for hydroxylation is 1. The van der Waals surface area contributed by atoms with Crippen LogP contribution >= 0.6 is 11.6 Å². The van der Waals surface area contributed by atoms with Crippen molar-refractivity contribution in [1.29, 1.82) is 0 Å². The molecule has 1 heterocycles. The van der Waals surface area contributed by atoms with E-state index in [2.05, 4.69) is 0 Å². The van der Waals surface area contributed by atoms with E-state index < -0.39 is 11.8 Å². The number of ether oxygens (including phenoxy) is 1. The fraction of sp³-hybridized carbons (Fsp3) is 0.0588. The SMILES string of the molecule is Cc1c(OC(=O)c2ccc(F)cc2)ccc2c(=O)c(Cl)coc12. The fourth-order valence-corrected chi connectivity index (χ4v) is 2.30. The van der Waals surface area contributed by atoms with Crippen LogP contribution < -0.4 is 10.2 Å². The van der Waals surface area contributed by atoms with Crippen LogP contribution in [0.25, 0.3) is 11.0 Å². The van der Waals surface area contributed by atoms with Gasteiger partial charge < -0.3 is 9.15 Å². The maximum atomic E-state index is 12.9. The highest BCUT2D eigenvalue weighted by Crippen LogP contribution is 2.27. The van der Waals surface area contributed by atoms with Crippen molar-refractivity contribution in [1.82, 2.24) is 0 Å². The summed E-state index contributed by atoms with van der Waals surface area (Å²) in [7, 11) is 0. The van der Waals surface area contributed by atoms with Gasteiger partial charge in [0.2, 0.25) is 5.43 Å². The number of hydrogen-bond donors (Lipinski definition) is 0. The Hall–Kier alpha value is -2.66. The molecule has 0 amide bonds. The van der Waals surface area contributed by atoms with Crippen LogP contribution in [0.1, 0.15) is 15.9 Å². The van der Waals surface area contributed by atoms with Crippen LogP contribution in [0.2, 0.25) is 5.02 Å².